The van der Waals surface area contributed by atoms with Crippen molar-refractivity contribution in [2.75, 3.05) is 31.6 Å². The molecule has 2 rings (SSSR count). The molecule has 5 nitrogen and oxygen atoms in total. The summed E-state index contributed by atoms with van der Waals surface area (Å²) in [6.45, 7) is 8.04. The third-order valence-corrected chi connectivity index (χ3v) is 4.48. The first-order chi connectivity index (χ1) is 11.5. The van der Waals surface area contributed by atoms with Gasteiger partial charge in [0.25, 0.3) is 0 Å². The number of nitrogens with zero attached hydrogens (tertiary/aromatic N) is 1. The molecule has 24 heavy (non-hydrogen) atoms. The van der Waals surface area contributed by atoms with Gasteiger partial charge >= 0.3 is 5.97 Å². The van der Waals surface area contributed by atoms with Gasteiger partial charge in [0.1, 0.15) is 0 Å². The lowest BCUT2D eigenvalue weighted by molar-refractivity contribution is -0.151. The van der Waals surface area contributed by atoms with Crippen LogP contribution in [0.3, 0.4) is 0 Å². The number of para-hydroxylation sites is 1. The largest absolute Gasteiger partial charge is 0.466 e. The third-order valence-electron chi connectivity index (χ3n) is 4.48. The van der Waals surface area contributed by atoms with E-state index in [0.29, 0.717) is 38.5 Å². The highest BCUT2D eigenvalue weighted by atomic mass is 16.5. The second-order valence-electron chi connectivity index (χ2n) is 6.50. The van der Waals surface area contributed by atoms with E-state index in [9.17, 15) is 9.59 Å². The van der Waals surface area contributed by atoms with Crippen LogP contribution in [0, 0.1) is 5.92 Å². The van der Waals surface area contributed by atoms with E-state index in [1.807, 2.05) is 30.0 Å². The van der Waals surface area contributed by atoms with Crippen LogP contribution in [-0.2, 0) is 14.3 Å². The van der Waals surface area contributed by atoms with Crippen LogP contribution in [0.2, 0.25) is 0 Å². The molecule has 1 aliphatic heterocycles. The summed E-state index contributed by atoms with van der Waals surface area (Å²) in [7, 11) is 0. The second-order valence-corrected chi connectivity index (χ2v) is 6.50. The third kappa shape index (κ3) is 4.73. The molecule has 1 aromatic carbocycles. The van der Waals surface area contributed by atoms with E-state index in [1.165, 1.54) is 5.56 Å². The Morgan fingerprint density at radius 2 is 1.92 bits per heavy atom. The van der Waals surface area contributed by atoms with Crippen LogP contribution < -0.4 is 5.32 Å². The number of amides is 1. The summed E-state index contributed by atoms with van der Waals surface area (Å²) in [5.41, 5.74) is 2.23. The highest BCUT2D eigenvalue weighted by molar-refractivity contribution is 5.81. The summed E-state index contributed by atoms with van der Waals surface area (Å²) in [5.74, 6) is 0.289. The van der Waals surface area contributed by atoms with Crippen molar-refractivity contribution in [1.29, 1.82) is 0 Å². The monoisotopic (exact) mass is 332 g/mol. The average Bonchev–Trinajstić information content (AvgIpc) is 2.60. The van der Waals surface area contributed by atoms with Crippen molar-refractivity contribution in [3.05, 3.63) is 29.8 Å². The Morgan fingerprint density at radius 3 is 2.54 bits per heavy atom. The van der Waals surface area contributed by atoms with Crippen molar-refractivity contribution in [1.82, 2.24) is 4.90 Å². The molecule has 1 fully saturated rings. The summed E-state index contributed by atoms with van der Waals surface area (Å²) < 4.78 is 5.06. The van der Waals surface area contributed by atoms with Gasteiger partial charge < -0.3 is 15.0 Å². The molecule has 1 aliphatic rings. The number of hydrogen-bond donors (Lipinski definition) is 1. The number of hydrogen-bond acceptors (Lipinski definition) is 4. The number of likely N-dealkylation sites (tertiary alicyclic amines) is 1. The van der Waals surface area contributed by atoms with Crippen LogP contribution in [0.25, 0.3) is 0 Å². The Bertz CT molecular complexity index is 563. The fourth-order valence-electron chi connectivity index (χ4n) is 3.07. The van der Waals surface area contributed by atoms with Gasteiger partial charge in [0, 0.05) is 18.8 Å². The van der Waals surface area contributed by atoms with E-state index in [-0.39, 0.29) is 24.3 Å². The molecule has 0 radical (unpaired) electrons. The molecule has 0 unspecified atom stereocenters. The molecule has 1 amide bonds. The number of piperidine rings is 1. The van der Waals surface area contributed by atoms with Gasteiger partial charge in [0.05, 0.1) is 19.1 Å². The molecule has 1 N–H and O–H groups in total. The first-order valence-corrected chi connectivity index (χ1v) is 8.80. The van der Waals surface area contributed by atoms with Gasteiger partial charge in [-0.2, -0.15) is 0 Å². The fraction of sp³-hybridized carbons (Fsp3) is 0.579. The summed E-state index contributed by atoms with van der Waals surface area (Å²) in [5, 5.41) is 3.26. The molecule has 0 saturated carbocycles. The van der Waals surface area contributed by atoms with Crippen LogP contribution >= 0.6 is 0 Å². The summed E-state index contributed by atoms with van der Waals surface area (Å²) in [6, 6.07) is 8.09. The van der Waals surface area contributed by atoms with E-state index in [0.717, 1.165) is 5.69 Å². The van der Waals surface area contributed by atoms with Crippen LogP contribution in [0.5, 0.6) is 0 Å². The van der Waals surface area contributed by atoms with Gasteiger partial charge in [-0.1, -0.05) is 32.0 Å². The fourth-order valence-corrected chi connectivity index (χ4v) is 3.07. The van der Waals surface area contributed by atoms with E-state index in [2.05, 4.69) is 25.2 Å². The molecule has 0 aliphatic carbocycles. The number of rotatable bonds is 6. The van der Waals surface area contributed by atoms with Gasteiger partial charge in [-0.05, 0) is 37.3 Å². The highest BCUT2D eigenvalue weighted by Crippen LogP contribution is 2.24. The SMILES string of the molecule is CCOC(=O)C1CCN(C(=O)CNc2ccccc2C(C)C)CC1. The predicted octanol–water partition coefficient (Wildman–Crippen LogP) is 3.02. The Morgan fingerprint density at radius 1 is 1.25 bits per heavy atom. The van der Waals surface area contributed by atoms with E-state index >= 15 is 0 Å². The van der Waals surface area contributed by atoms with Crippen molar-refractivity contribution < 1.29 is 14.3 Å². The van der Waals surface area contributed by atoms with Crippen LogP contribution in [-0.4, -0.2) is 43.0 Å². The zero-order valence-electron chi connectivity index (χ0n) is 14.9. The summed E-state index contributed by atoms with van der Waals surface area (Å²) >= 11 is 0. The number of benzene rings is 1. The molecule has 132 valence electrons. The van der Waals surface area contributed by atoms with E-state index < -0.39 is 0 Å². The van der Waals surface area contributed by atoms with Gasteiger partial charge in [-0.25, -0.2) is 0 Å². The lowest BCUT2D eigenvalue weighted by Gasteiger charge is -2.31. The maximum Gasteiger partial charge on any atom is 0.309 e. The minimum atomic E-state index is -0.131. The second kappa shape index (κ2) is 8.71. The summed E-state index contributed by atoms with van der Waals surface area (Å²) in [4.78, 5) is 26.0. The normalized spacial score (nSPS) is 15.4. The molecule has 0 bridgehead atoms. The van der Waals surface area contributed by atoms with Crippen molar-refractivity contribution in [3.63, 3.8) is 0 Å². The number of carbonyl (C=O) groups is 2. The number of carbonyl (C=O) groups excluding carboxylic acids is 2. The van der Waals surface area contributed by atoms with Crippen molar-refractivity contribution in [3.8, 4) is 0 Å². The maximum absolute atomic E-state index is 12.4. The number of ether oxygens (including phenoxy) is 1. The van der Waals surface area contributed by atoms with Gasteiger partial charge in [-0.15, -0.1) is 0 Å². The average molecular weight is 332 g/mol. The molecule has 1 heterocycles. The highest BCUT2D eigenvalue weighted by Gasteiger charge is 2.28. The molecule has 0 atom stereocenters. The number of esters is 1. The Hall–Kier alpha value is -2.04. The van der Waals surface area contributed by atoms with Crippen molar-refractivity contribution >= 4 is 17.6 Å². The lowest BCUT2D eigenvalue weighted by atomic mass is 9.97. The lowest BCUT2D eigenvalue weighted by Crippen LogP contribution is -2.43. The molecule has 5 heteroatoms. The van der Waals surface area contributed by atoms with E-state index in [4.69, 9.17) is 4.74 Å². The topological polar surface area (TPSA) is 58.6 Å². The van der Waals surface area contributed by atoms with Crippen LogP contribution in [0.15, 0.2) is 24.3 Å². The van der Waals surface area contributed by atoms with Crippen molar-refractivity contribution in [2.24, 2.45) is 5.92 Å². The Kier molecular flexibility index (Phi) is 6.64. The van der Waals surface area contributed by atoms with Crippen LogP contribution in [0.4, 0.5) is 5.69 Å². The zero-order valence-corrected chi connectivity index (χ0v) is 14.9. The molecule has 1 saturated heterocycles. The Labute approximate surface area is 144 Å². The van der Waals surface area contributed by atoms with Gasteiger partial charge in [0.2, 0.25) is 5.91 Å². The first kappa shape index (κ1) is 18.3. The van der Waals surface area contributed by atoms with Crippen LogP contribution in [0.1, 0.15) is 45.1 Å². The molecule has 1 aromatic rings. The molecule has 0 aromatic heterocycles. The standard InChI is InChI=1S/C19H28N2O3/c1-4-24-19(23)15-9-11-21(12-10-15)18(22)13-20-17-8-6-5-7-16(17)14(2)3/h5-8,14-15,20H,4,9-13H2,1-3H3. The number of nitrogens with one attached hydrogen (secondary N) is 1. The zero-order chi connectivity index (χ0) is 17.5. The first-order valence-electron chi connectivity index (χ1n) is 8.80. The summed E-state index contributed by atoms with van der Waals surface area (Å²) in [6.07, 6.45) is 1.38. The van der Waals surface area contributed by atoms with Crippen molar-refractivity contribution in [2.45, 2.75) is 39.5 Å². The smallest absolute Gasteiger partial charge is 0.309 e. The quantitative estimate of drug-likeness (QED) is 0.814. The number of anilines is 1. The van der Waals surface area contributed by atoms with E-state index in [1.54, 1.807) is 0 Å². The minimum Gasteiger partial charge on any atom is -0.466 e. The molecule has 0 spiro atoms. The Balaban J connectivity index is 1.83. The maximum atomic E-state index is 12.4. The predicted molar refractivity (Wildman–Crippen MR) is 95.0 cm³/mol. The van der Waals surface area contributed by atoms with Gasteiger partial charge in [-0.3, -0.25) is 9.59 Å². The molecular weight excluding hydrogens is 304 g/mol. The van der Waals surface area contributed by atoms with Gasteiger partial charge in [0.15, 0.2) is 0 Å². The minimum absolute atomic E-state index is 0.0661. The molecular formula is C19H28N2O3.